The van der Waals surface area contributed by atoms with Crippen molar-refractivity contribution in [2.45, 2.75) is 6.92 Å². The molecule has 0 bridgehead atoms. The lowest BCUT2D eigenvalue weighted by atomic mass is 10.2. The van der Waals surface area contributed by atoms with Crippen molar-refractivity contribution in [3.8, 4) is 0 Å². The first-order chi connectivity index (χ1) is 12.0. The molecule has 0 atom stereocenters. The molecule has 0 saturated heterocycles. The van der Waals surface area contributed by atoms with Gasteiger partial charge in [-0.3, -0.25) is 9.63 Å². The Balaban J connectivity index is 2.10. The quantitative estimate of drug-likeness (QED) is 0.627. The van der Waals surface area contributed by atoms with E-state index in [0.29, 0.717) is 4.47 Å². The Morgan fingerprint density at radius 3 is 2.92 bits per heavy atom. The predicted octanol–water partition coefficient (Wildman–Crippen LogP) is 3.80. The summed E-state index contributed by atoms with van der Waals surface area (Å²) in [5.41, 5.74) is 1.97. The Morgan fingerprint density at radius 1 is 1.40 bits per heavy atom. The number of hydrogen-bond acceptors (Lipinski definition) is 4. The second kappa shape index (κ2) is 7.16. The van der Waals surface area contributed by atoms with E-state index in [1.54, 1.807) is 13.0 Å². The zero-order chi connectivity index (χ0) is 18.0. The molecule has 1 aromatic carbocycles. The Morgan fingerprint density at radius 2 is 2.20 bits per heavy atom. The van der Waals surface area contributed by atoms with E-state index < -0.39 is 17.5 Å². The van der Waals surface area contributed by atoms with E-state index in [1.807, 2.05) is 0 Å². The molecular formula is C16H13BrF2N4O2. The molecular weight excluding hydrogens is 398 g/mol. The van der Waals surface area contributed by atoms with Gasteiger partial charge in [0.1, 0.15) is 5.82 Å². The monoisotopic (exact) mass is 410 g/mol. The minimum Gasteiger partial charge on any atom is -0.350 e. The molecule has 0 unspecified atom stereocenters. The number of hydroxylamine groups is 1. The molecule has 0 saturated carbocycles. The van der Waals surface area contributed by atoms with Gasteiger partial charge < -0.3 is 9.72 Å². The fourth-order valence-corrected chi connectivity index (χ4v) is 2.57. The standard InChI is InChI=1S/C16H13BrF2N4O2/c1-2-25-22-16(24)10-8-23-6-5-20-15(23)13(19)14(10)21-12-4-3-9(17)7-11(12)18/h3-8,21H,2H2,1H3,(H,22,24). The Hall–Kier alpha value is -2.52. The van der Waals surface area contributed by atoms with Crippen LogP contribution in [0.3, 0.4) is 0 Å². The molecule has 1 amide bonds. The second-order valence-electron chi connectivity index (χ2n) is 5.00. The van der Waals surface area contributed by atoms with Crippen molar-refractivity contribution in [1.29, 1.82) is 0 Å². The normalized spacial score (nSPS) is 10.9. The van der Waals surface area contributed by atoms with Crippen LogP contribution in [-0.2, 0) is 4.84 Å². The van der Waals surface area contributed by atoms with E-state index in [-0.39, 0.29) is 29.2 Å². The molecule has 9 heteroatoms. The van der Waals surface area contributed by atoms with Gasteiger partial charge in [0.05, 0.1) is 23.5 Å². The second-order valence-corrected chi connectivity index (χ2v) is 5.92. The molecule has 6 nitrogen and oxygen atoms in total. The number of aromatic nitrogens is 2. The molecule has 0 aliphatic heterocycles. The van der Waals surface area contributed by atoms with Gasteiger partial charge >= 0.3 is 0 Å². The summed E-state index contributed by atoms with van der Waals surface area (Å²) in [7, 11) is 0. The lowest BCUT2D eigenvalue weighted by Gasteiger charge is -2.14. The number of halogens is 3. The number of nitrogens with zero attached hydrogens (tertiary/aromatic N) is 2. The van der Waals surface area contributed by atoms with Crippen LogP contribution in [0.15, 0.2) is 41.3 Å². The molecule has 2 heterocycles. The van der Waals surface area contributed by atoms with Crippen LogP contribution in [0.5, 0.6) is 0 Å². The van der Waals surface area contributed by atoms with Crippen molar-refractivity contribution in [3.63, 3.8) is 0 Å². The Labute approximate surface area is 149 Å². The zero-order valence-corrected chi connectivity index (χ0v) is 14.6. The molecule has 25 heavy (non-hydrogen) atoms. The first kappa shape index (κ1) is 17.3. The Kier molecular flexibility index (Phi) is 4.95. The van der Waals surface area contributed by atoms with Gasteiger partial charge in [-0.2, -0.15) is 0 Å². The molecule has 3 rings (SSSR count). The molecule has 0 fully saturated rings. The number of imidazole rings is 1. The maximum Gasteiger partial charge on any atom is 0.278 e. The number of rotatable bonds is 5. The topological polar surface area (TPSA) is 67.7 Å². The molecule has 2 aromatic heterocycles. The van der Waals surface area contributed by atoms with Crippen LogP contribution in [0.4, 0.5) is 20.2 Å². The van der Waals surface area contributed by atoms with Gasteiger partial charge in [-0.1, -0.05) is 15.9 Å². The van der Waals surface area contributed by atoms with Gasteiger partial charge in [0.15, 0.2) is 11.5 Å². The van der Waals surface area contributed by atoms with Gasteiger partial charge in [0.25, 0.3) is 5.91 Å². The van der Waals surface area contributed by atoms with E-state index in [0.717, 1.165) is 0 Å². The van der Waals surface area contributed by atoms with Crippen LogP contribution in [0.2, 0.25) is 0 Å². The molecule has 2 N–H and O–H groups in total. The van der Waals surface area contributed by atoms with Crippen LogP contribution in [0.1, 0.15) is 17.3 Å². The fraction of sp³-hybridized carbons (Fsp3) is 0.125. The van der Waals surface area contributed by atoms with Gasteiger partial charge in [-0.25, -0.2) is 19.2 Å². The fourth-order valence-electron chi connectivity index (χ4n) is 2.23. The van der Waals surface area contributed by atoms with Crippen molar-refractivity contribution in [1.82, 2.24) is 14.9 Å². The summed E-state index contributed by atoms with van der Waals surface area (Å²) in [5, 5.41) is 2.64. The number of anilines is 2. The van der Waals surface area contributed by atoms with E-state index in [1.165, 1.54) is 35.1 Å². The smallest absolute Gasteiger partial charge is 0.278 e. The largest absolute Gasteiger partial charge is 0.350 e. The number of pyridine rings is 1. The van der Waals surface area contributed by atoms with Gasteiger partial charge in [-0.15, -0.1) is 0 Å². The Bertz CT molecular complexity index is 945. The van der Waals surface area contributed by atoms with Crippen LogP contribution < -0.4 is 10.8 Å². The van der Waals surface area contributed by atoms with Crippen molar-refractivity contribution < 1.29 is 18.4 Å². The van der Waals surface area contributed by atoms with Crippen molar-refractivity contribution >= 4 is 38.9 Å². The van der Waals surface area contributed by atoms with Gasteiger partial charge in [0, 0.05) is 23.1 Å². The summed E-state index contributed by atoms with van der Waals surface area (Å²) in [6.45, 7) is 1.93. The highest BCUT2D eigenvalue weighted by atomic mass is 79.9. The number of carbonyl (C=O) groups excluding carboxylic acids is 1. The summed E-state index contributed by atoms with van der Waals surface area (Å²) in [5.74, 6) is -2.05. The highest BCUT2D eigenvalue weighted by Crippen LogP contribution is 2.29. The number of amides is 1. The first-order valence-electron chi connectivity index (χ1n) is 7.30. The zero-order valence-electron chi connectivity index (χ0n) is 13.0. The van der Waals surface area contributed by atoms with Crippen molar-refractivity contribution in [3.05, 3.63) is 58.5 Å². The average molecular weight is 411 g/mol. The van der Waals surface area contributed by atoms with Crippen LogP contribution >= 0.6 is 15.9 Å². The number of benzene rings is 1. The van der Waals surface area contributed by atoms with Crippen LogP contribution in [-0.4, -0.2) is 21.9 Å². The van der Waals surface area contributed by atoms with E-state index in [9.17, 15) is 13.6 Å². The lowest BCUT2D eigenvalue weighted by Crippen LogP contribution is -2.25. The van der Waals surface area contributed by atoms with Crippen LogP contribution in [0, 0.1) is 11.6 Å². The molecule has 0 spiro atoms. The lowest BCUT2D eigenvalue weighted by molar-refractivity contribution is 0.0364. The summed E-state index contributed by atoms with van der Waals surface area (Å²) >= 11 is 3.15. The minimum atomic E-state index is -0.781. The molecule has 130 valence electrons. The third-order valence-electron chi connectivity index (χ3n) is 3.37. The molecule has 0 aliphatic rings. The van der Waals surface area contributed by atoms with Crippen molar-refractivity contribution in [2.75, 3.05) is 11.9 Å². The summed E-state index contributed by atoms with van der Waals surface area (Å²) in [6, 6.07) is 4.25. The van der Waals surface area contributed by atoms with E-state index in [2.05, 4.69) is 31.7 Å². The highest BCUT2D eigenvalue weighted by molar-refractivity contribution is 9.10. The van der Waals surface area contributed by atoms with Crippen molar-refractivity contribution in [2.24, 2.45) is 0 Å². The maximum absolute atomic E-state index is 14.8. The summed E-state index contributed by atoms with van der Waals surface area (Å²) in [6.07, 6.45) is 4.28. The molecule has 0 radical (unpaired) electrons. The molecule has 0 aliphatic carbocycles. The maximum atomic E-state index is 14.8. The predicted molar refractivity (Wildman–Crippen MR) is 91.6 cm³/mol. The number of carbonyl (C=O) groups is 1. The van der Waals surface area contributed by atoms with Gasteiger partial charge in [-0.05, 0) is 25.1 Å². The minimum absolute atomic E-state index is 0.00739. The number of nitrogens with one attached hydrogen (secondary N) is 2. The summed E-state index contributed by atoms with van der Waals surface area (Å²) < 4.78 is 30.8. The summed E-state index contributed by atoms with van der Waals surface area (Å²) in [4.78, 5) is 21.1. The number of hydrogen-bond donors (Lipinski definition) is 2. The van der Waals surface area contributed by atoms with Crippen LogP contribution in [0.25, 0.3) is 5.65 Å². The van der Waals surface area contributed by atoms with E-state index >= 15 is 0 Å². The average Bonchev–Trinajstić information content (AvgIpc) is 3.05. The van der Waals surface area contributed by atoms with Gasteiger partial charge in [0.2, 0.25) is 0 Å². The third-order valence-corrected chi connectivity index (χ3v) is 3.86. The van der Waals surface area contributed by atoms with E-state index in [4.69, 9.17) is 4.84 Å². The third kappa shape index (κ3) is 3.47. The number of fused-ring (bicyclic) bond motifs is 1. The first-order valence-corrected chi connectivity index (χ1v) is 8.10. The molecule has 3 aromatic rings. The SMILES string of the molecule is CCONC(=O)c1cn2ccnc2c(F)c1Nc1ccc(Br)cc1F. The highest BCUT2D eigenvalue weighted by Gasteiger charge is 2.21.